The van der Waals surface area contributed by atoms with Crippen molar-refractivity contribution >= 4 is 33.9 Å². The Balaban J connectivity index is 1.80. The first-order valence-corrected chi connectivity index (χ1v) is 9.99. The van der Waals surface area contributed by atoms with E-state index in [9.17, 15) is 32.3 Å². The van der Waals surface area contributed by atoms with Gasteiger partial charge in [-0.3, -0.25) is 4.79 Å². The van der Waals surface area contributed by atoms with Gasteiger partial charge in [0, 0.05) is 5.56 Å². The van der Waals surface area contributed by atoms with Gasteiger partial charge in [0.2, 0.25) is 0 Å². The van der Waals surface area contributed by atoms with Crippen molar-refractivity contribution in [3.05, 3.63) is 99.4 Å². The Hall–Kier alpha value is -3.66. The first-order valence-electron chi connectivity index (χ1n) is 9.19. The molecule has 0 aliphatic carbocycles. The van der Waals surface area contributed by atoms with Gasteiger partial charge in [0.25, 0.3) is 5.91 Å². The van der Waals surface area contributed by atoms with Crippen molar-refractivity contribution < 1.29 is 37.0 Å². The topological polar surface area (TPSA) is 75.6 Å². The lowest BCUT2D eigenvalue weighted by Crippen LogP contribution is -2.27. The molecule has 5 nitrogen and oxygen atoms in total. The van der Waals surface area contributed by atoms with Gasteiger partial charge in [0.1, 0.15) is 23.0 Å². The first-order chi connectivity index (χ1) is 15.5. The number of carboxylic acid groups (broad SMARTS) is 1. The van der Waals surface area contributed by atoms with Crippen molar-refractivity contribution in [3.8, 4) is 11.5 Å². The van der Waals surface area contributed by atoms with Gasteiger partial charge in [-0.2, -0.15) is 13.2 Å². The molecule has 33 heavy (non-hydrogen) atoms. The molecule has 0 aliphatic heterocycles. The van der Waals surface area contributed by atoms with E-state index in [1.54, 1.807) is 30.3 Å². The van der Waals surface area contributed by atoms with Crippen LogP contribution in [0.15, 0.2) is 76.9 Å². The van der Waals surface area contributed by atoms with Crippen molar-refractivity contribution in [1.29, 1.82) is 0 Å². The van der Waals surface area contributed by atoms with Gasteiger partial charge in [-0.05, 0) is 70.0 Å². The minimum absolute atomic E-state index is 0.238. The van der Waals surface area contributed by atoms with Gasteiger partial charge >= 0.3 is 12.1 Å². The van der Waals surface area contributed by atoms with Crippen LogP contribution in [0.1, 0.15) is 21.5 Å². The molecule has 0 radical (unpaired) electrons. The van der Waals surface area contributed by atoms with E-state index < -0.39 is 40.7 Å². The second kappa shape index (κ2) is 9.86. The molecule has 0 saturated heterocycles. The Morgan fingerprint density at radius 2 is 1.67 bits per heavy atom. The lowest BCUT2D eigenvalue weighted by Gasteiger charge is -2.11. The molecular formula is C23H14BrF4NO4. The third-order valence-electron chi connectivity index (χ3n) is 4.22. The average molecular weight is 524 g/mol. The average Bonchev–Trinajstić information content (AvgIpc) is 2.75. The zero-order valence-electron chi connectivity index (χ0n) is 16.5. The Morgan fingerprint density at radius 3 is 2.27 bits per heavy atom. The zero-order valence-corrected chi connectivity index (χ0v) is 18.1. The Labute approximate surface area is 193 Å². The van der Waals surface area contributed by atoms with E-state index in [2.05, 4.69) is 15.9 Å². The normalized spacial score (nSPS) is 11.7. The molecule has 170 valence electrons. The number of halogens is 5. The highest BCUT2D eigenvalue weighted by molar-refractivity contribution is 9.10. The van der Waals surface area contributed by atoms with Crippen molar-refractivity contribution in [3.63, 3.8) is 0 Å². The molecule has 1 amide bonds. The molecule has 0 fully saturated rings. The summed E-state index contributed by atoms with van der Waals surface area (Å²) in [4.78, 5) is 23.8. The van der Waals surface area contributed by atoms with Crippen LogP contribution in [0.3, 0.4) is 0 Å². The number of benzene rings is 3. The maximum absolute atomic E-state index is 13.6. The molecule has 0 saturated carbocycles. The molecule has 3 rings (SSSR count). The van der Waals surface area contributed by atoms with Gasteiger partial charge in [-0.15, -0.1) is 0 Å². The van der Waals surface area contributed by atoms with Crippen LogP contribution < -0.4 is 10.1 Å². The van der Waals surface area contributed by atoms with Crippen molar-refractivity contribution in [1.82, 2.24) is 5.32 Å². The molecule has 0 aromatic heterocycles. The Bertz CT molecular complexity index is 1220. The van der Waals surface area contributed by atoms with Crippen molar-refractivity contribution in [2.75, 3.05) is 0 Å². The molecule has 0 bridgehead atoms. The fourth-order valence-electron chi connectivity index (χ4n) is 2.68. The monoisotopic (exact) mass is 523 g/mol. The summed E-state index contributed by atoms with van der Waals surface area (Å²) in [6.45, 7) is 0. The summed E-state index contributed by atoms with van der Waals surface area (Å²) in [7, 11) is 0. The number of aliphatic carboxylic acids is 1. The van der Waals surface area contributed by atoms with E-state index in [1.165, 1.54) is 12.1 Å². The number of hydrogen-bond acceptors (Lipinski definition) is 3. The summed E-state index contributed by atoms with van der Waals surface area (Å²) in [5.41, 5.74) is -2.29. The molecule has 3 aromatic carbocycles. The van der Waals surface area contributed by atoms with Crippen LogP contribution in [0, 0.1) is 5.82 Å². The zero-order chi connectivity index (χ0) is 24.2. The smallest absolute Gasteiger partial charge is 0.416 e. The lowest BCUT2D eigenvalue weighted by molar-refractivity contribution is -0.138. The quantitative estimate of drug-likeness (QED) is 0.295. The summed E-state index contributed by atoms with van der Waals surface area (Å²) in [5.74, 6) is -3.00. The first kappa shape index (κ1) is 24.0. The van der Waals surface area contributed by atoms with Crippen LogP contribution >= 0.6 is 15.9 Å². The number of nitrogens with one attached hydrogen (secondary N) is 1. The number of carboxylic acids is 1. The molecule has 0 heterocycles. The van der Waals surface area contributed by atoms with Crippen LogP contribution in [0.4, 0.5) is 17.6 Å². The number of ether oxygens (including phenoxy) is 1. The maximum atomic E-state index is 13.6. The third-order valence-corrected chi connectivity index (χ3v) is 4.88. The summed E-state index contributed by atoms with van der Waals surface area (Å²) in [6, 6.07) is 14.6. The van der Waals surface area contributed by atoms with Crippen LogP contribution in [0.25, 0.3) is 6.08 Å². The second-order valence-electron chi connectivity index (χ2n) is 6.65. The molecule has 10 heteroatoms. The van der Waals surface area contributed by atoms with Gasteiger partial charge < -0.3 is 15.2 Å². The molecule has 0 atom stereocenters. The van der Waals surface area contributed by atoms with E-state index in [4.69, 9.17) is 4.74 Å². The summed E-state index contributed by atoms with van der Waals surface area (Å²) >= 11 is 3.35. The Morgan fingerprint density at radius 1 is 1.00 bits per heavy atom. The van der Waals surface area contributed by atoms with E-state index in [0.717, 1.165) is 10.5 Å². The number of carbonyl (C=O) groups is 2. The molecule has 0 spiro atoms. The van der Waals surface area contributed by atoms with E-state index >= 15 is 0 Å². The highest BCUT2D eigenvalue weighted by atomic mass is 79.9. The standard InChI is InChI=1S/C23H14BrF4NO4/c24-18-3-1-2-4-20(18)33-17-7-5-13(6-8-17)9-19(22(31)32)29-21(30)14-10-15(23(26,27)28)12-16(25)11-14/h1-12H,(H,29,30)(H,31,32)/b19-9+. The van der Waals surface area contributed by atoms with Gasteiger partial charge in [-0.1, -0.05) is 24.3 Å². The molecule has 0 aliphatic rings. The van der Waals surface area contributed by atoms with Gasteiger partial charge in [-0.25, -0.2) is 9.18 Å². The minimum atomic E-state index is -4.87. The number of alkyl halides is 3. The molecular weight excluding hydrogens is 510 g/mol. The van der Waals surface area contributed by atoms with Crippen molar-refractivity contribution in [2.45, 2.75) is 6.18 Å². The molecule has 3 aromatic rings. The van der Waals surface area contributed by atoms with Crippen LogP contribution in [-0.2, 0) is 11.0 Å². The largest absolute Gasteiger partial charge is 0.477 e. The van der Waals surface area contributed by atoms with Crippen LogP contribution in [-0.4, -0.2) is 17.0 Å². The number of para-hydroxylation sites is 1. The highest BCUT2D eigenvalue weighted by Gasteiger charge is 2.32. The third kappa shape index (κ3) is 6.42. The fraction of sp³-hybridized carbons (Fsp3) is 0.0435. The number of carbonyl (C=O) groups excluding carboxylic acids is 1. The van der Waals surface area contributed by atoms with Crippen molar-refractivity contribution in [2.24, 2.45) is 0 Å². The highest BCUT2D eigenvalue weighted by Crippen LogP contribution is 2.31. The minimum Gasteiger partial charge on any atom is -0.477 e. The number of hydrogen-bond donors (Lipinski definition) is 2. The fourth-order valence-corrected chi connectivity index (χ4v) is 3.05. The summed E-state index contributed by atoms with van der Waals surface area (Å²) in [5, 5.41) is 11.4. The van der Waals surface area contributed by atoms with E-state index in [0.29, 0.717) is 29.2 Å². The maximum Gasteiger partial charge on any atom is 0.416 e. The van der Waals surface area contributed by atoms with E-state index in [-0.39, 0.29) is 6.07 Å². The van der Waals surface area contributed by atoms with E-state index in [1.807, 2.05) is 11.4 Å². The number of rotatable bonds is 6. The predicted octanol–water partition coefficient (Wildman–Crippen LogP) is 6.25. The lowest BCUT2D eigenvalue weighted by atomic mass is 10.1. The van der Waals surface area contributed by atoms with Gasteiger partial charge in [0.15, 0.2) is 0 Å². The predicted molar refractivity (Wildman–Crippen MR) is 115 cm³/mol. The van der Waals surface area contributed by atoms with Crippen LogP contribution in [0.5, 0.6) is 11.5 Å². The molecule has 0 unspecified atom stereocenters. The summed E-state index contributed by atoms with van der Waals surface area (Å²) in [6.07, 6.45) is -3.77. The van der Waals surface area contributed by atoms with Gasteiger partial charge in [0.05, 0.1) is 10.0 Å². The SMILES string of the molecule is O=C(O)/C(=C\c1ccc(Oc2ccccc2Br)cc1)NC(=O)c1cc(F)cc(C(F)(F)F)c1. The molecule has 2 N–H and O–H groups in total. The van der Waals surface area contributed by atoms with Crippen LogP contribution in [0.2, 0.25) is 0 Å². The number of amides is 1. The Kier molecular flexibility index (Phi) is 7.17. The summed E-state index contributed by atoms with van der Waals surface area (Å²) < 4.78 is 58.6. The second-order valence-corrected chi connectivity index (χ2v) is 7.50.